The molecule has 0 fully saturated rings. The van der Waals surface area contributed by atoms with Gasteiger partial charge in [-0.15, -0.1) is 0 Å². The third kappa shape index (κ3) is 4.52. The van der Waals surface area contributed by atoms with Gasteiger partial charge in [0.25, 0.3) is 0 Å². The maximum Gasteiger partial charge on any atom is -0.00141 e. The highest BCUT2D eigenvalue weighted by molar-refractivity contribution is 6.24. The van der Waals surface area contributed by atoms with Crippen LogP contribution in [-0.2, 0) is 10.8 Å². The van der Waals surface area contributed by atoms with Gasteiger partial charge >= 0.3 is 0 Å². The van der Waals surface area contributed by atoms with Crippen LogP contribution in [0.1, 0.15) is 52.7 Å². The zero-order valence-corrected chi connectivity index (χ0v) is 24.5. The van der Waals surface area contributed by atoms with Crippen molar-refractivity contribution in [1.29, 1.82) is 0 Å². The molecule has 6 aromatic rings. The van der Waals surface area contributed by atoms with Crippen LogP contribution in [0.25, 0.3) is 54.9 Å². The fourth-order valence-electron chi connectivity index (χ4n) is 6.28. The molecular weight excluding hydrogens is 480 g/mol. The van der Waals surface area contributed by atoms with E-state index < -0.39 is 0 Å². The van der Waals surface area contributed by atoms with Gasteiger partial charge in [0.1, 0.15) is 0 Å². The molecule has 0 nitrogen and oxygen atoms in total. The van der Waals surface area contributed by atoms with E-state index in [1.54, 1.807) is 0 Å². The molecule has 0 N–H and O–H groups in total. The fraction of sp³-hybridized carbons (Fsp3) is 0.200. The van der Waals surface area contributed by atoms with Gasteiger partial charge in [0.05, 0.1) is 0 Å². The largest absolute Gasteiger partial charge is 0.0622 e. The van der Waals surface area contributed by atoms with E-state index in [1.165, 1.54) is 66.1 Å². The zero-order valence-electron chi connectivity index (χ0n) is 24.5. The van der Waals surface area contributed by atoms with Gasteiger partial charge in [-0.1, -0.05) is 163 Å². The molecule has 0 spiro atoms. The smallest absolute Gasteiger partial charge is 0.00141 e. The van der Waals surface area contributed by atoms with Crippen LogP contribution in [0.4, 0.5) is 0 Å². The Balaban J connectivity index is 1.80. The minimum atomic E-state index is 0.0351. The molecule has 6 rings (SSSR count). The zero-order chi connectivity index (χ0) is 28.1. The summed E-state index contributed by atoms with van der Waals surface area (Å²) in [5, 5.41) is 5.18. The molecule has 0 aromatic heterocycles. The van der Waals surface area contributed by atoms with Crippen LogP contribution in [0.3, 0.4) is 0 Å². The molecule has 0 amide bonds. The SMILES string of the molecule is CC(C)(C)c1ccc(-c2cccc3c(-c4ccccc4)c4ccccc4c(-c4ccccc4)c23)cc1C(C)(C)C. The van der Waals surface area contributed by atoms with Crippen molar-refractivity contribution >= 4 is 21.5 Å². The van der Waals surface area contributed by atoms with Gasteiger partial charge in [-0.2, -0.15) is 0 Å². The molecule has 0 heteroatoms. The van der Waals surface area contributed by atoms with E-state index in [4.69, 9.17) is 0 Å². The number of hydrogen-bond acceptors (Lipinski definition) is 0. The van der Waals surface area contributed by atoms with Crippen LogP contribution in [-0.4, -0.2) is 0 Å². The summed E-state index contributed by atoms with van der Waals surface area (Å²) in [4.78, 5) is 0. The molecule has 0 saturated carbocycles. The van der Waals surface area contributed by atoms with E-state index in [2.05, 4.69) is 163 Å². The minimum absolute atomic E-state index is 0.0351. The van der Waals surface area contributed by atoms with Crippen molar-refractivity contribution in [3.05, 3.63) is 132 Å². The molecule has 0 aliphatic rings. The Hall–Kier alpha value is -4.16. The molecule has 198 valence electrons. The second-order valence-corrected chi connectivity index (χ2v) is 13.0. The lowest BCUT2D eigenvalue weighted by Crippen LogP contribution is -2.21. The van der Waals surface area contributed by atoms with Crippen LogP contribution < -0.4 is 0 Å². The maximum atomic E-state index is 2.46. The van der Waals surface area contributed by atoms with Gasteiger partial charge in [-0.05, 0) is 76.9 Å². The predicted molar refractivity (Wildman–Crippen MR) is 175 cm³/mol. The molecule has 0 radical (unpaired) electrons. The lowest BCUT2D eigenvalue weighted by Gasteiger charge is -2.31. The summed E-state index contributed by atoms with van der Waals surface area (Å²) < 4.78 is 0. The van der Waals surface area contributed by atoms with Crippen LogP contribution in [0.5, 0.6) is 0 Å². The average Bonchev–Trinajstić information content (AvgIpc) is 2.95. The van der Waals surface area contributed by atoms with Gasteiger partial charge in [-0.3, -0.25) is 0 Å². The summed E-state index contributed by atoms with van der Waals surface area (Å²) in [6.07, 6.45) is 0. The highest BCUT2D eigenvalue weighted by atomic mass is 14.3. The summed E-state index contributed by atoms with van der Waals surface area (Å²) in [7, 11) is 0. The Morgan fingerprint density at radius 1 is 0.375 bits per heavy atom. The van der Waals surface area contributed by atoms with Gasteiger partial charge in [0.15, 0.2) is 0 Å². The van der Waals surface area contributed by atoms with Crippen LogP contribution in [0, 0.1) is 0 Å². The van der Waals surface area contributed by atoms with Crippen molar-refractivity contribution in [1.82, 2.24) is 0 Å². The molecule has 0 aliphatic carbocycles. The lowest BCUT2D eigenvalue weighted by atomic mass is 9.74. The van der Waals surface area contributed by atoms with Crippen LogP contribution >= 0.6 is 0 Å². The molecule has 40 heavy (non-hydrogen) atoms. The topological polar surface area (TPSA) is 0 Å². The monoisotopic (exact) mass is 518 g/mol. The normalized spacial score (nSPS) is 12.2. The van der Waals surface area contributed by atoms with Crippen LogP contribution in [0.15, 0.2) is 121 Å². The van der Waals surface area contributed by atoms with Gasteiger partial charge < -0.3 is 0 Å². The molecule has 0 saturated heterocycles. The predicted octanol–water partition coefficient (Wildman–Crippen LogP) is 11.6. The third-order valence-corrected chi connectivity index (χ3v) is 8.12. The number of fused-ring (bicyclic) bond motifs is 2. The summed E-state index contributed by atoms with van der Waals surface area (Å²) in [5.74, 6) is 0. The number of hydrogen-bond donors (Lipinski definition) is 0. The molecule has 0 bridgehead atoms. The second-order valence-electron chi connectivity index (χ2n) is 13.0. The number of benzene rings is 6. The quantitative estimate of drug-likeness (QED) is 0.204. The highest BCUT2D eigenvalue weighted by Crippen LogP contribution is 2.47. The van der Waals surface area contributed by atoms with Crippen molar-refractivity contribution in [2.45, 2.75) is 52.4 Å². The Kier molecular flexibility index (Phi) is 6.38. The lowest BCUT2D eigenvalue weighted by molar-refractivity contribution is 0.530. The van der Waals surface area contributed by atoms with Crippen molar-refractivity contribution in [3.63, 3.8) is 0 Å². The van der Waals surface area contributed by atoms with Gasteiger partial charge in [0.2, 0.25) is 0 Å². The molecule has 0 atom stereocenters. The molecule has 0 heterocycles. The summed E-state index contributed by atoms with van der Waals surface area (Å²) in [5.41, 5.74) is 10.6. The molecular formula is C40H38. The maximum absolute atomic E-state index is 2.46. The van der Waals surface area contributed by atoms with E-state index in [-0.39, 0.29) is 10.8 Å². The average molecular weight is 519 g/mol. The molecule has 0 unspecified atom stereocenters. The van der Waals surface area contributed by atoms with Gasteiger partial charge in [0, 0.05) is 0 Å². The van der Waals surface area contributed by atoms with Gasteiger partial charge in [-0.25, -0.2) is 0 Å². The Morgan fingerprint density at radius 2 is 0.875 bits per heavy atom. The molecule has 6 aromatic carbocycles. The van der Waals surface area contributed by atoms with Crippen molar-refractivity contribution in [2.24, 2.45) is 0 Å². The molecule has 0 aliphatic heterocycles. The summed E-state index contributed by atoms with van der Waals surface area (Å²) >= 11 is 0. The standard InChI is InChI=1S/C40H38/c1-39(2,3)34-25-24-29(26-35(34)40(4,5)6)30-22-15-23-33-36(27-16-9-7-10-17-27)31-20-13-14-21-32(31)37(38(30)33)28-18-11-8-12-19-28/h7-26H,1-6H3. The number of rotatable bonds is 3. The Labute approximate surface area is 239 Å². The first-order valence-corrected chi connectivity index (χ1v) is 14.4. The summed E-state index contributed by atoms with van der Waals surface area (Å²) in [6.45, 7) is 14.0. The van der Waals surface area contributed by atoms with E-state index in [9.17, 15) is 0 Å². The fourth-order valence-corrected chi connectivity index (χ4v) is 6.28. The summed E-state index contributed by atoms with van der Waals surface area (Å²) in [6, 6.07) is 44.8. The van der Waals surface area contributed by atoms with E-state index in [1.807, 2.05) is 0 Å². The first-order chi connectivity index (χ1) is 19.1. The first-order valence-electron chi connectivity index (χ1n) is 14.4. The Bertz CT molecular complexity index is 1830. The Morgan fingerprint density at radius 3 is 1.45 bits per heavy atom. The van der Waals surface area contributed by atoms with Crippen molar-refractivity contribution in [2.75, 3.05) is 0 Å². The van der Waals surface area contributed by atoms with Crippen molar-refractivity contribution in [3.8, 4) is 33.4 Å². The van der Waals surface area contributed by atoms with Crippen molar-refractivity contribution < 1.29 is 0 Å². The van der Waals surface area contributed by atoms with E-state index in [0.29, 0.717) is 0 Å². The minimum Gasteiger partial charge on any atom is -0.0622 e. The third-order valence-electron chi connectivity index (χ3n) is 8.12. The van der Waals surface area contributed by atoms with Crippen LogP contribution in [0.2, 0.25) is 0 Å². The van der Waals surface area contributed by atoms with E-state index in [0.717, 1.165) is 0 Å². The first kappa shape index (κ1) is 26.1. The second kappa shape index (κ2) is 9.79. The van der Waals surface area contributed by atoms with E-state index >= 15 is 0 Å². The highest BCUT2D eigenvalue weighted by Gasteiger charge is 2.26.